The van der Waals surface area contributed by atoms with Crippen molar-refractivity contribution in [3.8, 4) is 0 Å². The van der Waals surface area contributed by atoms with Gasteiger partial charge >= 0.3 is 0 Å². The molecule has 1 aliphatic heterocycles. The molecule has 58 valence electrons. The zero-order valence-electron chi connectivity index (χ0n) is 6.34. The molecule has 0 radical (unpaired) electrons. The Labute approximate surface area is 61.2 Å². The van der Waals surface area contributed by atoms with Gasteiger partial charge in [-0.25, -0.2) is 5.84 Å². The van der Waals surface area contributed by atoms with E-state index in [1.807, 2.05) is 6.92 Å². The van der Waals surface area contributed by atoms with Crippen molar-refractivity contribution in [3.63, 3.8) is 0 Å². The molecule has 1 unspecified atom stereocenters. The molecule has 10 heavy (non-hydrogen) atoms. The minimum atomic E-state index is 0.0949. The number of carbonyl (C=O) groups is 1. The third-order valence-corrected chi connectivity index (χ3v) is 1.99. The lowest BCUT2D eigenvalue weighted by atomic mass is 10.1. The van der Waals surface area contributed by atoms with Gasteiger partial charge in [0.2, 0.25) is 5.91 Å². The van der Waals surface area contributed by atoms with E-state index in [4.69, 9.17) is 5.84 Å². The second kappa shape index (κ2) is 3.01. The number of nitrogens with two attached hydrogens (primary N) is 1. The van der Waals surface area contributed by atoms with Gasteiger partial charge in [0, 0.05) is 12.5 Å². The van der Waals surface area contributed by atoms with Crippen LogP contribution in [0.25, 0.3) is 0 Å². The van der Waals surface area contributed by atoms with E-state index in [1.165, 1.54) is 5.01 Å². The van der Waals surface area contributed by atoms with Gasteiger partial charge in [-0.05, 0) is 12.8 Å². The van der Waals surface area contributed by atoms with Gasteiger partial charge in [0.15, 0.2) is 0 Å². The van der Waals surface area contributed by atoms with Crippen LogP contribution >= 0.6 is 0 Å². The number of hydrogen-bond donors (Lipinski definition) is 1. The van der Waals surface area contributed by atoms with Gasteiger partial charge < -0.3 is 0 Å². The third kappa shape index (κ3) is 1.48. The van der Waals surface area contributed by atoms with Crippen LogP contribution in [-0.4, -0.2) is 17.5 Å². The van der Waals surface area contributed by atoms with Crippen LogP contribution in [0.1, 0.15) is 26.2 Å². The van der Waals surface area contributed by atoms with Crippen LogP contribution in [-0.2, 0) is 4.79 Å². The normalized spacial score (nSPS) is 28.4. The Hall–Kier alpha value is -0.570. The minimum absolute atomic E-state index is 0.0949. The first-order valence-corrected chi connectivity index (χ1v) is 3.78. The van der Waals surface area contributed by atoms with E-state index in [9.17, 15) is 4.79 Å². The Bertz CT molecular complexity index is 122. The van der Waals surface area contributed by atoms with Crippen molar-refractivity contribution in [1.82, 2.24) is 5.01 Å². The van der Waals surface area contributed by atoms with Crippen molar-refractivity contribution in [2.45, 2.75) is 26.2 Å². The van der Waals surface area contributed by atoms with Gasteiger partial charge in [0.1, 0.15) is 0 Å². The van der Waals surface area contributed by atoms with Crippen LogP contribution in [0.3, 0.4) is 0 Å². The molecule has 0 bridgehead atoms. The van der Waals surface area contributed by atoms with Crippen molar-refractivity contribution < 1.29 is 4.79 Å². The van der Waals surface area contributed by atoms with E-state index < -0.39 is 0 Å². The number of nitrogens with zero attached hydrogens (tertiary/aromatic N) is 1. The first-order chi connectivity index (χ1) is 4.72. The largest absolute Gasteiger partial charge is 0.280 e. The zero-order valence-corrected chi connectivity index (χ0v) is 6.34. The third-order valence-electron chi connectivity index (χ3n) is 1.99. The van der Waals surface area contributed by atoms with Gasteiger partial charge in [0.25, 0.3) is 0 Å². The van der Waals surface area contributed by atoms with E-state index in [0.717, 1.165) is 25.8 Å². The first-order valence-electron chi connectivity index (χ1n) is 3.78. The van der Waals surface area contributed by atoms with Crippen LogP contribution in [0.4, 0.5) is 0 Å². The van der Waals surface area contributed by atoms with E-state index in [2.05, 4.69) is 0 Å². The highest BCUT2D eigenvalue weighted by atomic mass is 16.2. The summed E-state index contributed by atoms with van der Waals surface area (Å²) in [5.41, 5.74) is 0. The highest BCUT2D eigenvalue weighted by Gasteiger charge is 2.20. The molecule has 0 aliphatic carbocycles. The molecule has 1 rings (SSSR count). The number of rotatable bonds is 0. The lowest BCUT2D eigenvalue weighted by Crippen LogP contribution is -2.39. The fourth-order valence-electron chi connectivity index (χ4n) is 1.25. The molecule has 3 nitrogen and oxygen atoms in total. The van der Waals surface area contributed by atoms with Gasteiger partial charge in [-0.1, -0.05) is 13.3 Å². The molecule has 1 saturated heterocycles. The fourth-order valence-corrected chi connectivity index (χ4v) is 1.25. The maximum atomic E-state index is 11.1. The van der Waals surface area contributed by atoms with Crippen LogP contribution in [0, 0.1) is 5.92 Å². The maximum absolute atomic E-state index is 11.1. The van der Waals surface area contributed by atoms with Gasteiger partial charge in [-0.2, -0.15) is 0 Å². The zero-order chi connectivity index (χ0) is 7.56. The van der Waals surface area contributed by atoms with E-state index in [0.29, 0.717) is 0 Å². The molecule has 1 aliphatic rings. The Morgan fingerprint density at radius 2 is 2.30 bits per heavy atom. The van der Waals surface area contributed by atoms with E-state index in [-0.39, 0.29) is 11.8 Å². The highest BCUT2D eigenvalue weighted by molar-refractivity contribution is 5.77. The summed E-state index contributed by atoms with van der Waals surface area (Å²) in [6, 6.07) is 0. The molecule has 1 atom stereocenters. The van der Waals surface area contributed by atoms with Crippen LogP contribution in [0.15, 0.2) is 0 Å². The first kappa shape index (κ1) is 7.54. The van der Waals surface area contributed by atoms with Crippen LogP contribution < -0.4 is 5.84 Å². The number of carbonyl (C=O) groups excluding carboxylic acids is 1. The van der Waals surface area contributed by atoms with Gasteiger partial charge in [-0.15, -0.1) is 0 Å². The lowest BCUT2D eigenvalue weighted by molar-refractivity contribution is -0.134. The average molecular weight is 142 g/mol. The van der Waals surface area contributed by atoms with Crippen LogP contribution in [0.2, 0.25) is 0 Å². The Balaban J connectivity index is 2.55. The minimum Gasteiger partial charge on any atom is -0.280 e. The second-order valence-corrected chi connectivity index (χ2v) is 2.93. The van der Waals surface area contributed by atoms with E-state index >= 15 is 0 Å². The Kier molecular flexibility index (Phi) is 2.27. The molecule has 1 amide bonds. The highest BCUT2D eigenvalue weighted by Crippen LogP contribution is 2.14. The molecule has 0 aromatic rings. The number of hydrazine groups is 1. The average Bonchev–Trinajstić information content (AvgIpc) is 2.04. The van der Waals surface area contributed by atoms with Gasteiger partial charge in [-0.3, -0.25) is 9.80 Å². The molecule has 0 spiro atoms. The molecule has 2 N–H and O–H groups in total. The number of hydrogen-bond acceptors (Lipinski definition) is 2. The summed E-state index contributed by atoms with van der Waals surface area (Å²) in [6.07, 6.45) is 3.17. The SMILES string of the molecule is CC1CCCCN(N)C1=O. The predicted molar refractivity (Wildman–Crippen MR) is 38.9 cm³/mol. The lowest BCUT2D eigenvalue weighted by Gasteiger charge is -2.15. The summed E-state index contributed by atoms with van der Waals surface area (Å²) in [7, 11) is 0. The van der Waals surface area contributed by atoms with Crippen molar-refractivity contribution in [1.29, 1.82) is 0 Å². The summed E-state index contributed by atoms with van der Waals surface area (Å²) in [5.74, 6) is 5.68. The molecule has 3 heteroatoms. The maximum Gasteiger partial charge on any atom is 0.239 e. The fraction of sp³-hybridized carbons (Fsp3) is 0.857. The topological polar surface area (TPSA) is 46.3 Å². The monoisotopic (exact) mass is 142 g/mol. The van der Waals surface area contributed by atoms with E-state index in [1.54, 1.807) is 0 Å². The number of amides is 1. The predicted octanol–water partition coefficient (Wildman–Crippen LogP) is 0.509. The molecule has 1 heterocycles. The van der Waals surface area contributed by atoms with Crippen LogP contribution in [0.5, 0.6) is 0 Å². The van der Waals surface area contributed by atoms with Crippen molar-refractivity contribution >= 4 is 5.91 Å². The summed E-state index contributed by atoms with van der Waals surface area (Å²) < 4.78 is 0. The molecule has 0 aromatic heterocycles. The van der Waals surface area contributed by atoms with Crippen molar-refractivity contribution in [3.05, 3.63) is 0 Å². The Morgan fingerprint density at radius 1 is 1.60 bits per heavy atom. The molecule has 0 aromatic carbocycles. The van der Waals surface area contributed by atoms with Crippen molar-refractivity contribution in [2.75, 3.05) is 6.54 Å². The quantitative estimate of drug-likeness (QED) is 0.395. The molecule has 1 fully saturated rings. The second-order valence-electron chi connectivity index (χ2n) is 2.93. The Morgan fingerprint density at radius 3 is 3.00 bits per heavy atom. The summed E-state index contributed by atoms with van der Waals surface area (Å²) in [4.78, 5) is 11.1. The molecular weight excluding hydrogens is 128 g/mol. The molecular formula is C7H14N2O. The summed E-state index contributed by atoms with van der Waals surface area (Å²) >= 11 is 0. The summed E-state index contributed by atoms with van der Waals surface area (Å²) in [5, 5.41) is 1.34. The smallest absolute Gasteiger partial charge is 0.239 e. The standard InChI is InChI=1S/C7H14N2O/c1-6-4-2-3-5-9(8)7(6)10/h6H,2-5,8H2,1H3. The van der Waals surface area contributed by atoms with Crippen molar-refractivity contribution in [2.24, 2.45) is 11.8 Å². The molecule has 0 saturated carbocycles. The summed E-state index contributed by atoms with van der Waals surface area (Å²) in [6.45, 7) is 2.66. The van der Waals surface area contributed by atoms with Gasteiger partial charge in [0.05, 0.1) is 0 Å².